The number of nitrogens with one attached hydrogen (secondary N) is 1. The van der Waals surface area contributed by atoms with Crippen molar-refractivity contribution >= 4 is 29.9 Å². The van der Waals surface area contributed by atoms with Crippen molar-refractivity contribution in [3.05, 3.63) is 35.6 Å². The van der Waals surface area contributed by atoms with Crippen LogP contribution in [-0.2, 0) is 6.54 Å². The quantitative estimate of drug-likeness (QED) is 0.388. The van der Waals surface area contributed by atoms with Gasteiger partial charge in [-0.3, -0.25) is 9.89 Å². The number of nitrogens with zero attached hydrogens (tertiary/aromatic N) is 4. The van der Waals surface area contributed by atoms with Crippen LogP contribution in [0, 0.1) is 5.82 Å². The second-order valence-electron chi connectivity index (χ2n) is 6.73. The molecule has 0 spiro atoms. The summed E-state index contributed by atoms with van der Waals surface area (Å²) in [6, 6.07) is 7.09. The third kappa shape index (κ3) is 7.00. The molecule has 0 radical (unpaired) electrons. The Morgan fingerprint density at radius 2 is 1.85 bits per heavy atom. The van der Waals surface area contributed by atoms with Gasteiger partial charge in [0.25, 0.3) is 0 Å². The Bertz CT molecular complexity index is 543. The van der Waals surface area contributed by atoms with Crippen LogP contribution < -0.4 is 5.32 Å². The van der Waals surface area contributed by atoms with Crippen molar-refractivity contribution in [1.82, 2.24) is 20.0 Å². The maximum Gasteiger partial charge on any atom is 0.193 e. The standard InChI is InChI=1S/C19H32FN5.HI/c1-5-24-10-12-25(13-11-24)16(2)14-22-19(21-3)23(4)15-17-6-8-18(20)9-7-17;/h6-9,16H,5,10-15H2,1-4H3,(H,21,22);1H. The number of hydrogen-bond donors (Lipinski definition) is 1. The highest BCUT2D eigenvalue weighted by Gasteiger charge is 2.20. The predicted octanol–water partition coefficient (Wildman–Crippen LogP) is 2.48. The molecule has 0 saturated carbocycles. The van der Waals surface area contributed by atoms with Gasteiger partial charge in [0.05, 0.1) is 0 Å². The van der Waals surface area contributed by atoms with Crippen molar-refractivity contribution in [3.63, 3.8) is 0 Å². The Morgan fingerprint density at radius 1 is 1.23 bits per heavy atom. The summed E-state index contributed by atoms with van der Waals surface area (Å²) in [5.74, 6) is 0.661. The van der Waals surface area contributed by atoms with Crippen LogP contribution in [-0.4, -0.2) is 80.1 Å². The number of benzene rings is 1. The summed E-state index contributed by atoms with van der Waals surface area (Å²) in [4.78, 5) is 11.5. The van der Waals surface area contributed by atoms with Gasteiger partial charge in [0.2, 0.25) is 0 Å². The Morgan fingerprint density at radius 3 is 2.38 bits per heavy atom. The van der Waals surface area contributed by atoms with Crippen LogP contribution in [0.25, 0.3) is 0 Å². The van der Waals surface area contributed by atoms with Gasteiger partial charge in [0.1, 0.15) is 5.82 Å². The summed E-state index contributed by atoms with van der Waals surface area (Å²) in [5, 5.41) is 3.47. The zero-order valence-corrected chi connectivity index (χ0v) is 18.7. The second kappa shape index (κ2) is 11.7. The average Bonchev–Trinajstić information content (AvgIpc) is 2.64. The van der Waals surface area contributed by atoms with Crippen molar-refractivity contribution in [2.24, 2.45) is 4.99 Å². The van der Waals surface area contributed by atoms with Crippen LogP contribution in [0.2, 0.25) is 0 Å². The first-order valence-electron chi connectivity index (χ1n) is 9.16. The third-order valence-electron chi connectivity index (χ3n) is 4.94. The highest BCUT2D eigenvalue weighted by Crippen LogP contribution is 2.07. The van der Waals surface area contributed by atoms with E-state index in [0.717, 1.165) is 50.8 Å². The molecule has 7 heteroatoms. The summed E-state index contributed by atoms with van der Waals surface area (Å²) in [6.07, 6.45) is 0. The normalized spacial score (nSPS) is 17.5. The Balaban J connectivity index is 0.00000338. The molecule has 1 atom stereocenters. The summed E-state index contributed by atoms with van der Waals surface area (Å²) in [6.45, 7) is 11.8. The SMILES string of the molecule is CCN1CCN(C(C)CNC(=NC)N(C)Cc2ccc(F)cc2)CC1.I. The number of aliphatic imine (C=N–C) groups is 1. The third-order valence-corrected chi connectivity index (χ3v) is 4.94. The zero-order chi connectivity index (χ0) is 18.2. The minimum absolute atomic E-state index is 0. The van der Waals surface area contributed by atoms with Gasteiger partial charge >= 0.3 is 0 Å². The molecule has 1 aromatic rings. The Hall–Kier alpha value is -0.930. The van der Waals surface area contributed by atoms with Gasteiger partial charge in [0.15, 0.2) is 5.96 Å². The fourth-order valence-electron chi connectivity index (χ4n) is 3.21. The number of halogens is 2. The van der Waals surface area contributed by atoms with Crippen LogP contribution in [0.1, 0.15) is 19.4 Å². The van der Waals surface area contributed by atoms with E-state index < -0.39 is 0 Å². The molecular weight excluding hydrogens is 444 g/mol. The molecule has 0 amide bonds. The molecule has 0 bridgehead atoms. The summed E-state index contributed by atoms with van der Waals surface area (Å²) < 4.78 is 13.0. The van der Waals surface area contributed by atoms with Crippen molar-refractivity contribution < 1.29 is 4.39 Å². The van der Waals surface area contributed by atoms with E-state index in [1.807, 2.05) is 19.2 Å². The molecule has 1 fully saturated rings. The zero-order valence-electron chi connectivity index (χ0n) is 16.4. The Kier molecular flexibility index (Phi) is 10.4. The van der Waals surface area contributed by atoms with Crippen molar-refractivity contribution in [3.8, 4) is 0 Å². The molecule has 26 heavy (non-hydrogen) atoms. The highest BCUT2D eigenvalue weighted by molar-refractivity contribution is 14.0. The molecule has 1 aliphatic rings. The number of hydrogen-bond acceptors (Lipinski definition) is 3. The first-order valence-corrected chi connectivity index (χ1v) is 9.16. The minimum Gasteiger partial charge on any atom is -0.355 e. The van der Waals surface area contributed by atoms with Crippen LogP contribution in [0.5, 0.6) is 0 Å². The van der Waals surface area contributed by atoms with Gasteiger partial charge in [-0.1, -0.05) is 19.1 Å². The van der Waals surface area contributed by atoms with E-state index in [0.29, 0.717) is 12.6 Å². The molecule has 5 nitrogen and oxygen atoms in total. The predicted molar refractivity (Wildman–Crippen MR) is 118 cm³/mol. The number of likely N-dealkylation sites (N-methyl/N-ethyl adjacent to an activating group) is 1. The van der Waals surface area contributed by atoms with Crippen LogP contribution in [0.15, 0.2) is 29.3 Å². The van der Waals surface area contributed by atoms with E-state index in [2.05, 4.69) is 38.9 Å². The lowest BCUT2D eigenvalue weighted by atomic mass is 10.2. The van der Waals surface area contributed by atoms with Crippen molar-refractivity contribution in [2.45, 2.75) is 26.4 Å². The second-order valence-corrected chi connectivity index (χ2v) is 6.73. The lowest BCUT2D eigenvalue weighted by Gasteiger charge is -2.38. The largest absolute Gasteiger partial charge is 0.355 e. The molecule has 1 heterocycles. The van der Waals surface area contributed by atoms with Gasteiger partial charge < -0.3 is 15.1 Å². The van der Waals surface area contributed by atoms with Crippen LogP contribution in [0.4, 0.5) is 4.39 Å². The van der Waals surface area contributed by atoms with E-state index in [-0.39, 0.29) is 29.8 Å². The van der Waals surface area contributed by atoms with E-state index in [9.17, 15) is 4.39 Å². The first-order chi connectivity index (χ1) is 12.0. The molecule has 0 aromatic heterocycles. The maximum absolute atomic E-state index is 13.0. The lowest BCUT2D eigenvalue weighted by Crippen LogP contribution is -2.53. The maximum atomic E-state index is 13.0. The lowest BCUT2D eigenvalue weighted by molar-refractivity contribution is 0.107. The van der Waals surface area contributed by atoms with E-state index in [4.69, 9.17) is 0 Å². The van der Waals surface area contributed by atoms with Crippen molar-refractivity contribution in [2.75, 3.05) is 53.4 Å². The van der Waals surface area contributed by atoms with Gasteiger partial charge in [0, 0.05) is 59.4 Å². The number of piperazine rings is 1. The molecule has 0 aliphatic carbocycles. The van der Waals surface area contributed by atoms with E-state index in [1.54, 1.807) is 7.05 Å². The molecule has 1 saturated heterocycles. The molecule has 148 valence electrons. The average molecular weight is 477 g/mol. The summed E-state index contributed by atoms with van der Waals surface area (Å²) >= 11 is 0. The monoisotopic (exact) mass is 477 g/mol. The summed E-state index contributed by atoms with van der Waals surface area (Å²) in [5.41, 5.74) is 1.07. The highest BCUT2D eigenvalue weighted by atomic mass is 127. The molecular formula is C19H33FIN5. The number of rotatable bonds is 6. The van der Waals surface area contributed by atoms with Gasteiger partial charge in [-0.25, -0.2) is 4.39 Å². The first kappa shape index (κ1) is 23.1. The molecule has 2 rings (SSSR count). The van der Waals surface area contributed by atoms with Gasteiger partial charge in [-0.2, -0.15) is 0 Å². The van der Waals surface area contributed by atoms with Crippen molar-refractivity contribution in [1.29, 1.82) is 0 Å². The fourth-order valence-corrected chi connectivity index (χ4v) is 3.21. The fraction of sp³-hybridized carbons (Fsp3) is 0.632. The van der Waals surface area contributed by atoms with Crippen LogP contribution in [0.3, 0.4) is 0 Å². The Labute approximate surface area is 174 Å². The molecule has 1 unspecified atom stereocenters. The summed E-state index contributed by atoms with van der Waals surface area (Å²) in [7, 11) is 3.80. The smallest absolute Gasteiger partial charge is 0.193 e. The number of guanidine groups is 1. The van der Waals surface area contributed by atoms with E-state index in [1.165, 1.54) is 12.1 Å². The molecule has 1 aromatic carbocycles. The van der Waals surface area contributed by atoms with Gasteiger partial charge in [-0.15, -0.1) is 24.0 Å². The van der Waals surface area contributed by atoms with Crippen LogP contribution >= 0.6 is 24.0 Å². The molecule has 1 N–H and O–H groups in total. The molecule has 1 aliphatic heterocycles. The minimum atomic E-state index is -0.203. The van der Waals surface area contributed by atoms with E-state index >= 15 is 0 Å². The van der Waals surface area contributed by atoms with Gasteiger partial charge in [-0.05, 0) is 31.2 Å². The topological polar surface area (TPSA) is 34.1 Å².